The van der Waals surface area contributed by atoms with Gasteiger partial charge in [0.05, 0.1) is 25.8 Å². The molecule has 6 nitrogen and oxygen atoms in total. The molecule has 1 aliphatic rings. The Kier molecular flexibility index (Phi) is 4.05. The maximum Gasteiger partial charge on any atom is 0.311 e. The standard InChI is InChI=1S/C9H16N2O4/c1-10-3-8(12)11(2)7-5-15-4-6(7)9(13)14/h6-7,10H,3-5H2,1-2H3,(H,13,14). The number of aliphatic carboxylic acids is 1. The van der Waals surface area contributed by atoms with E-state index < -0.39 is 11.9 Å². The first kappa shape index (κ1) is 11.9. The quantitative estimate of drug-likeness (QED) is 0.615. The second-order valence-corrected chi connectivity index (χ2v) is 3.58. The molecule has 2 atom stereocenters. The Morgan fingerprint density at radius 1 is 1.53 bits per heavy atom. The van der Waals surface area contributed by atoms with Gasteiger partial charge in [-0.2, -0.15) is 0 Å². The van der Waals surface area contributed by atoms with Crippen molar-refractivity contribution in [1.29, 1.82) is 0 Å². The van der Waals surface area contributed by atoms with E-state index in [9.17, 15) is 9.59 Å². The van der Waals surface area contributed by atoms with E-state index in [2.05, 4.69) is 5.32 Å². The average molecular weight is 216 g/mol. The number of nitrogens with one attached hydrogen (secondary N) is 1. The maximum atomic E-state index is 11.5. The van der Waals surface area contributed by atoms with Gasteiger partial charge in [0, 0.05) is 7.05 Å². The molecule has 2 N–H and O–H groups in total. The summed E-state index contributed by atoms with van der Waals surface area (Å²) in [5, 5.41) is 11.6. The monoisotopic (exact) mass is 216 g/mol. The number of ether oxygens (including phenoxy) is 1. The van der Waals surface area contributed by atoms with Crippen LogP contribution in [0, 0.1) is 5.92 Å². The molecule has 1 heterocycles. The fourth-order valence-electron chi connectivity index (χ4n) is 1.62. The van der Waals surface area contributed by atoms with Crippen molar-refractivity contribution in [3.63, 3.8) is 0 Å². The average Bonchev–Trinajstić information content (AvgIpc) is 2.65. The zero-order chi connectivity index (χ0) is 11.4. The van der Waals surface area contributed by atoms with Crippen molar-refractivity contribution in [1.82, 2.24) is 10.2 Å². The third-order valence-electron chi connectivity index (χ3n) is 2.59. The molecule has 15 heavy (non-hydrogen) atoms. The number of carboxylic acids is 1. The van der Waals surface area contributed by atoms with Gasteiger partial charge in [0.2, 0.25) is 5.91 Å². The fourth-order valence-corrected chi connectivity index (χ4v) is 1.62. The molecule has 0 spiro atoms. The lowest BCUT2D eigenvalue weighted by Gasteiger charge is -2.26. The SMILES string of the molecule is CNCC(=O)N(C)C1COCC1C(=O)O. The minimum absolute atomic E-state index is 0.126. The molecule has 1 rings (SSSR count). The first-order valence-corrected chi connectivity index (χ1v) is 4.78. The highest BCUT2D eigenvalue weighted by Gasteiger charge is 2.38. The van der Waals surface area contributed by atoms with Crippen LogP contribution in [0.5, 0.6) is 0 Å². The zero-order valence-electron chi connectivity index (χ0n) is 8.90. The highest BCUT2D eigenvalue weighted by Crippen LogP contribution is 2.18. The number of likely N-dealkylation sites (N-methyl/N-ethyl adjacent to an activating group) is 2. The minimum Gasteiger partial charge on any atom is -0.481 e. The van der Waals surface area contributed by atoms with Gasteiger partial charge in [-0.3, -0.25) is 9.59 Å². The summed E-state index contributed by atoms with van der Waals surface area (Å²) in [6, 6.07) is -0.358. The van der Waals surface area contributed by atoms with Gasteiger partial charge in [-0.15, -0.1) is 0 Å². The van der Waals surface area contributed by atoms with E-state index in [1.165, 1.54) is 4.90 Å². The Morgan fingerprint density at radius 3 is 2.73 bits per heavy atom. The molecule has 0 aromatic rings. The van der Waals surface area contributed by atoms with Crippen molar-refractivity contribution in [3.05, 3.63) is 0 Å². The number of rotatable bonds is 4. The van der Waals surface area contributed by atoms with Crippen molar-refractivity contribution >= 4 is 11.9 Å². The molecular weight excluding hydrogens is 200 g/mol. The Hall–Kier alpha value is -1.14. The summed E-state index contributed by atoms with van der Waals surface area (Å²) in [7, 11) is 3.28. The lowest BCUT2D eigenvalue weighted by atomic mass is 10.0. The third kappa shape index (κ3) is 2.66. The van der Waals surface area contributed by atoms with Crippen LogP contribution in [0.4, 0.5) is 0 Å². The molecule has 1 saturated heterocycles. The predicted molar refractivity (Wildman–Crippen MR) is 52.4 cm³/mol. The highest BCUT2D eigenvalue weighted by atomic mass is 16.5. The number of nitrogens with zero attached hydrogens (tertiary/aromatic N) is 1. The van der Waals surface area contributed by atoms with Crippen molar-refractivity contribution < 1.29 is 19.4 Å². The van der Waals surface area contributed by atoms with Crippen molar-refractivity contribution in [2.24, 2.45) is 5.92 Å². The second-order valence-electron chi connectivity index (χ2n) is 3.58. The largest absolute Gasteiger partial charge is 0.481 e. The van der Waals surface area contributed by atoms with Crippen molar-refractivity contribution in [3.8, 4) is 0 Å². The van der Waals surface area contributed by atoms with Crippen molar-refractivity contribution in [2.75, 3.05) is 33.9 Å². The van der Waals surface area contributed by atoms with Crippen LogP contribution in [0.1, 0.15) is 0 Å². The Morgan fingerprint density at radius 2 is 2.20 bits per heavy atom. The highest BCUT2D eigenvalue weighted by molar-refractivity contribution is 5.80. The molecule has 0 aliphatic carbocycles. The molecule has 1 aliphatic heterocycles. The van der Waals surface area contributed by atoms with Gasteiger partial charge in [0.1, 0.15) is 5.92 Å². The summed E-state index contributed by atoms with van der Waals surface area (Å²) >= 11 is 0. The van der Waals surface area contributed by atoms with E-state index in [-0.39, 0.29) is 25.1 Å². The van der Waals surface area contributed by atoms with Crippen LogP contribution in [0.15, 0.2) is 0 Å². The fraction of sp³-hybridized carbons (Fsp3) is 0.778. The molecule has 0 aromatic heterocycles. The number of hydrogen-bond acceptors (Lipinski definition) is 4. The Balaban J connectivity index is 2.61. The molecule has 0 bridgehead atoms. The molecule has 6 heteroatoms. The molecule has 1 amide bonds. The Bertz CT molecular complexity index is 256. The number of carbonyl (C=O) groups is 2. The zero-order valence-corrected chi connectivity index (χ0v) is 8.90. The molecule has 0 radical (unpaired) electrons. The van der Waals surface area contributed by atoms with Gasteiger partial charge in [0.15, 0.2) is 0 Å². The lowest BCUT2D eigenvalue weighted by Crippen LogP contribution is -2.46. The van der Waals surface area contributed by atoms with E-state index in [4.69, 9.17) is 9.84 Å². The molecule has 0 saturated carbocycles. The number of amides is 1. The van der Waals surface area contributed by atoms with Crippen LogP contribution >= 0.6 is 0 Å². The summed E-state index contributed by atoms with van der Waals surface area (Å²) in [6.07, 6.45) is 0. The van der Waals surface area contributed by atoms with Crippen LogP contribution in [-0.4, -0.2) is 61.8 Å². The lowest BCUT2D eigenvalue weighted by molar-refractivity contribution is -0.144. The smallest absolute Gasteiger partial charge is 0.311 e. The van der Waals surface area contributed by atoms with Crippen LogP contribution in [0.2, 0.25) is 0 Å². The van der Waals surface area contributed by atoms with Crippen LogP contribution in [0.3, 0.4) is 0 Å². The van der Waals surface area contributed by atoms with Crippen molar-refractivity contribution in [2.45, 2.75) is 6.04 Å². The summed E-state index contributed by atoms with van der Waals surface area (Å²) in [5.74, 6) is -1.66. The molecule has 0 aromatic carbocycles. The van der Waals surface area contributed by atoms with Gasteiger partial charge in [-0.1, -0.05) is 0 Å². The first-order valence-electron chi connectivity index (χ1n) is 4.78. The normalized spacial score (nSPS) is 25.2. The molecule has 86 valence electrons. The van der Waals surface area contributed by atoms with E-state index in [0.29, 0.717) is 6.61 Å². The minimum atomic E-state index is -0.915. The van der Waals surface area contributed by atoms with E-state index in [0.717, 1.165) is 0 Å². The summed E-state index contributed by atoms with van der Waals surface area (Å²) in [4.78, 5) is 23.8. The number of carboxylic acid groups (broad SMARTS) is 1. The molecule has 2 unspecified atom stereocenters. The van der Waals surface area contributed by atoms with Gasteiger partial charge in [-0.25, -0.2) is 0 Å². The topological polar surface area (TPSA) is 78.9 Å². The summed E-state index contributed by atoms with van der Waals surface area (Å²) < 4.78 is 5.09. The third-order valence-corrected chi connectivity index (χ3v) is 2.59. The van der Waals surface area contributed by atoms with Gasteiger partial charge < -0.3 is 20.1 Å². The van der Waals surface area contributed by atoms with E-state index in [1.54, 1.807) is 14.1 Å². The second kappa shape index (κ2) is 5.09. The first-order chi connectivity index (χ1) is 7.07. The van der Waals surface area contributed by atoms with Crippen LogP contribution in [0.25, 0.3) is 0 Å². The maximum absolute atomic E-state index is 11.5. The Labute approximate surface area is 88.2 Å². The summed E-state index contributed by atoms with van der Waals surface area (Å²) in [6.45, 7) is 0.680. The summed E-state index contributed by atoms with van der Waals surface area (Å²) in [5.41, 5.74) is 0. The number of hydrogen-bond donors (Lipinski definition) is 2. The predicted octanol–water partition coefficient (Wildman–Crippen LogP) is -1.24. The molecule has 1 fully saturated rings. The molecular formula is C9H16N2O4. The number of carbonyl (C=O) groups excluding carboxylic acids is 1. The van der Waals surface area contributed by atoms with Crippen LogP contribution in [-0.2, 0) is 14.3 Å². The van der Waals surface area contributed by atoms with E-state index >= 15 is 0 Å². The van der Waals surface area contributed by atoms with Crippen LogP contribution < -0.4 is 5.32 Å². The van der Waals surface area contributed by atoms with Gasteiger partial charge >= 0.3 is 5.97 Å². The van der Waals surface area contributed by atoms with E-state index in [1.807, 2.05) is 0 Å². The van der Waals surface area contributed by atoms with Gasteiger partial charge in [-0.05, 0) is 7.05 Å². The van der Waals surface area contributed by atoms with Gasteiger partial charge in [0.25, 0.3) is 0 Å².